The van der Waals surface area contributed by atoms with Crippen LogP contribution in [-0.2, 0) is 6.54 Å². The van der Waals surface area contributed by atoms with Crippen molar-refractivity contribution in [3.05, 3.63) is 58.6 Å². The second-order valence-electron chi connectivity index (χ2n) is 4.34. The third kappa shape index (κ3) is 3.48. The van der Waals surface area contributed by atoms with Crippen LogP contribution < -0.4 is 11.1 Å². The van der Waals surface area contributed by atoms with Gasteiger partial charge in [0, 0.05) is 28.5 Å². The average molecular weight is 275 g/mol. The van der Waals surface area contributed by atoms with Crippen molar-refractivity contribution in [3.8, 4) is 0 Å². The molecule has 0 saturated carbocycles. The fraction of sp³-hybridized carbons (Fsp3) is 0.133. The molecule has 0 aliphatic rings. The molecule has 0 atom stereocenters. The van der Waals surface area contributed by atoms with Crippen LogP contribution in [0, 0.1) is 0 Å². The Morgan fingerprint density at radius 1 is 1.26 bits per heavy atom. The number of benzene rings is 2. The van der Waals surface area contributed by atoms with E-state index in [0.717, 1.165) is 11.3 Å². The first kappa shape index (κ1) is 13.4. The van der Waals surface area contributed by atoms with Crippen molar-refractivity contribution in [2.75, 3.05) is 11.1 Å². The molecule has 0 unspecified atom stereocenters. The van der Waals surface area contributed by atoms with Gasteiger partial charge in [-0.3, -0.25) is 4.79 Å². The Labute approximate surface area is 117 Å². The molecule has 0 fully saturated rings. The number of Topliss-reactive ketones (excluding diaryl/α,β-unsaturated/α-hetero) is 1. The molecule has 0 aromatic heterocycles. The minimum Gasteiger partial charge on any atom is -0.398 e. The molecule has 0 aliphatic carbocycles. The smallest absolute Gasteiger partial charge is 0.161 e. The highest BCUT2D eigenvalue weighted by atomic mass is 35.5. The molecule has 2 rings (SSSR count). The van der Waals surface area contributed by atoms with Crippen molar-refractivity contribution >= 4 is 28.8 Å². The van der Waals surface area contributed by atoms with Crippen molar-refractivity contribution in [1.29, 1.82) is 0 Å². The van der Waals surface area contributed by atoms with Gasteiger partial charge in [-0.05, 0) is 42.8 Å². The summed E-state index contributed by atoms with van der Waals surface area (Å²) in [5.74, 6) is -0.0381. The summed E-state index contributed by atoms with van der Waals surface area (Å²) in [6, 6.07) is 13.0. The van der Waals surface area contributed by atoms with Crippen LogP contribution in [0.1, 0.15) is 22.8 Å². The number of carbonyl (C=O) groups excluding carboxylic acids is 1. The highest BCUT2D eigenvalue weighted by Gasteiger charge is 2.05. The van der Waals surface area contributed by atoms with Gasteiger partial charge in [0.05, 0.1) is 0 Å². The molecule has 0 spiro atoms. The molecule has 3 N–H and O–H groups in total. The summed E-state index contributed by atoms with van der Waals surface area (Å²) < 4.78 is 0. The summed E-state index contributed by atoms with van der Waals surface area (Å²) in [6.45, 7) is 2.15. The lowest BCUT2D eigenvalue weighted by molar-refractivity contribution is 0.101. The van der Waals surface area contributed by atoms with Gasteiger partial charge in [0.2, 0.25) is 0 Å². The zero-order valence-corrected chi connectivity index (χ0v) is 11.4. The minimum atomic E-state index is -0.0381. The highest BCUT2D eigenvalue weighted by Crippen LogP contribution is 2.19. The number of rotatable bonds is 4. The summed E-state index contributed by atoms with van der Waals surface area (Å²) >= 11 is 5.93. The largest absolute Gasteiger partial charge is 0.398 e. The number of anilines is 2. The quantitative estimate of drug-likeness (QED) is 0.660. The molecule has 0 radical (unpaired) electrons. The molecule has 0 aliphatic heterocycles. The second-order valence-corrected chi connectivity index (χ2v) is 4.78. The maximum atomic E-state index is 11.4. The van der Waals surface area contributed by atoms with Gasteiger partial charge in [0.25, 0.3) is 0 Å². The predicted octanol–water partition coefficient (Wildman–Crippen LogP) is 3.74. The zero-order chi connectivity index (χ0) is 13.8. The number of nitrogens with one attached hydrogen (secondary N) is 1. The molecular weight excluding hydrogens is 260 g/mol. The third-order valence-electron chi connectivity index (χ3n) is 2.82. The minimum absolute atomic E-state index is 0.0381. The Morgan fingerprint density at radius 3 is 2.74 bits per heavy atom. The van der Waals surface area contributed by atoms with E-state index >= 15 is 0 Å². The molecule has 4 heteroatoms. The maximum Gasteiger partial charge on any atom is 0.161 e. The van der Waals surface area contributed by atoms with E-state index in [1.54, 1.807) is 12.1 Å². The van der Waals surface area contributed by atoms with Crippen LogP contribution in [0.3, 0.4) is 0 Å². The van der Waals surface area contributed by atoms with Crippen molar-refractivity contribution in [2.24, 2.45) is 0 Å². The first-order chi connectivity index (χ1) is 9.06. The van der Waals surface area contributed by atoms with Gasteiger partial charge < -0.3 is 11.1 Å². The summed E-state index contributed by atoms with van der Waals surface area (Å²) in [4.78, 5) is 11.4. The van der Waals surface area contributed by atoms with Crippen LogP contribution in [0.4, 0.5) is 11.4 Å². The van der Waals surface area contributed by atoms with E-state index in [2.05, 4.69) is 5.32 Å². The van der Waals surface area contributed by atoms with E-state index < -0.39 is 0 Å². The number of ketones is 1. The molecule has 0 amide bonds. The molecule has 98 valence electrons. The topological polar surface area (TPSA) is 55.1 Å². The number of carbonyl (C=O) groups is 1. The van der Waals surface area contributed by atoms with E-state index in [-0.39, 0.29) is 5.78 Å². The van der Waals surface area contributed by atoms with Crippen LogP contribution in [0.25, 0.3) is 0 Å². The van der Waals surface area contributed by atoms with Crippen LogP contribution >= 0.6 is 11.6 Å². The van der Waals surface area contributed by atoms with Crippen molar-refractivity contribution in [2.45, 2.75) is 13.5 Å². The molecule has 3 nitrogen and oxygen atoms in total. The highest BCUT2D eigenvalue weighted by molar-refractivity contribution is 6.30. The predicted molar refractivity (Wildman–Crippen MR) is 79.6 cm³/mol. The first-order valence-corrected chi connectivity index (χ1v) is 6.33. The van der Waals surface area contributed by atoms with E-state index in [9.17, 15) is 4.79 Å². The van der Waals surface area contributed by atoms with Crippen LogP contribution in [0.2, 0.25) is 5.02 Å². The molecule has 0 bridgehead atoms. The Balaban J connectivity index is 2.12. The molecule has 19 heavy (non-hydrogen) atoms. The Hall–Kier alpha value is -2.00. The summed E-state index contributed by atoms with van der Waals surface area (Å²) in [6.07, 6.45) is 0. The normalized spacial score (nSPS) is 10.2. The standard InChI is InChI=1S/C15H15ClN2O/c1-10(19)14-8-13(5-6-15(14)17)18-9-11-3-2-4-12(16)7-11/h2-8,18H,9,17H2,1H3. The maximum absolute atomic E-state index is 11.4. The van der Waals surface area contributed by atoms with Gasteiger partial charge in [0.1, 0.15) is 0 Å². The van der Waals surface area contributed by atoms with Gasteiger partial charge in [-0.25, -0.2) is 0 Å². The molecule has 2 aromatic carbocycles. The summed E-state index contributed by atoms with van der Waals surface area (Å²) in [7, 11) is 0. The fourth-order valence-corrected chi connectivity index (χ4v) is 2.04. The number of hydrogen-bond acceptors (Lipinski definition) is 3. The van der Waals surface area contributed by atoms with Crippen LogP contribution in [0.15, 0.2) is 42.5 Å². The van der Waals surface area contributed by atoms with Gasteiger partial charge in [0.15, 0.2) is 5.78 Å². The Bertz CT molecular complexity index is 611. The molecule has 0 heterocycles. The molecule has 2 aromatic rings. The molecule has 0 saturated heterocycles. The SMILES string of the molecule is CC(=O)c1cc(NCc2cccc(Cl)c2)ccc1N. The number of hydrogen-bond donors (Lipinski definition) is 2. The lowest BCUT2D eigenvalue weighted by Crippen LogP contribution is -2.03. The van der Waals surface area contributed by atoms with E-state index in [1.165, 1.54) is 6.92 Å². The fourth-order valence-electron chi connectivity index (χ4n) is 1.82. The summed E-state index contributed by atoms with van der Waals surface area (Å²) in [5.41, 5.74) is 8.73. The van der Waals surface area contributed by atoms with Gasteiger partial charge in [-0.2, -0.15) is 0 Å². The zero-order valence-electron chi connectivity index (χ0n) is 10.6. The number of nitrogen functional groups attached to an aromatic ring is 1. The number of nitrogens with two attached hydrogens (primary N) is 1. The third-order valence-corrected chi connectivity index (χ3v) is 3.05. The van der Waals surface area contributed by atoms with Crippen molar-refractivity contribution in [1.82, 2.24) is 0 Å². The lowest BCUT2D eigenvalue weighted by atomic mass is 10.1. The summed E-state index contributed by atoms with van der Waals surface area (Å²) in [5, 5.41) is 3.95. The van der Waals surface area contributed by atoms with Crippen LogP contribution in [0.5, 0.6) is 0 Å². The average Bonchev–Trinajstić information content (AvgIpc) is 2.37. The lowest BCUT2D eigenvalue weighted by Gasteiger charge is -2.09. The second kappa shape index (κ2) is 5.76. The Kier molecular flexibility index (Phi) is 4.07. The molecular formula is C15H15ClN2O. The van der Waals surface area contributed by atoms with Gasteiger partial charge >= 0.3 is 0 Å². The van der Waals surface area contributed by atoms with Crippen molar-refractivity contribution in [3.63, 3.8) is 0 Å². The van der Waals surface area contributed by atoms with Gasteiger partial charge in [-0.1, -0.05) is 23.7 Å². The monoisotopic (exact) mass is 274 g/mol. The Morgan fingerprint density at radius 2 is 2.05 bits per heavy atom. The van der Waals surface area contributed by atoms with Crippen molar-refractivity contribution < 1.29 is 4.79 Å². The van der Waals surface area contributed by atoms with Gasteiger partial charge in [-0.15, -0.1) is 0 Å². The van der Waals surface area contributed by atoms with E-state index in [1.807, 2.05) is 30.3 Å². The number of halogens is 1. The van der Waals surface area contributed by atoms with E-state index in [4.69, 9.17) is 17.3 Å². The van der Waals surface area contributed by atoms with Crippen LogP contribution in [-0.4, -0.2) is 5.78 Å². The van der Waals surface area contributed by atoms with E-state index in [0.29, 0.717) is 22.8 Å². The first-order valence-electron chi connectivity index (χ1n) is 5.95.